The van der Waals surface area contributed by atoms with Gasteiger partial charge in [-0.2, -0.15) is 0 Å². The molecule has 1 aliphatic heterocycles. The van der Waals surface area contributed by atoms with E-state index in [1.165, 1.54) is 5.56 Å². The van der Waals surface area contributed by atoms with Gasteiger partial charge in [0.2, 0.25) is 5.91 Å². The van der Waals surface area contributed by atoms with E-state index in [0.29, 0.717) is 6.04 Å². The molecule has 0 unspecified atom stereocenters. The SMILES string of the molecule is COCC(=O)N1CCC(NCc2ccc(C)c(Cl)c2)CC1. The molecule has 4 nitrogen and oxygen atoms in total. The van der Waals surface area contributed by atoms with Crippen molar-refractivity contribution in [2.24, 2.45) is 0 Å². The Balaban J connectivity index is 1.76. The molecule has 1 saturated heterocycles. The molecule has 1 fully saturated rings. The molecule has 0 saturated carbocycles. The van der Waals surface area contributed by atoms with E-state index in [9.17, 15) is 4.79 Å². The summed E-state index contributed by atoms with van der Waals surface area (Å²) in [5.41, 5.74) is 2.30. The fourth-order valence-electron chi connectivity index (χ4n) is 2.56. The molecule has 0 aromatic heterocycles. The zero-order valence-electron chi connectivity index (χ0n) is 12.7. The third-order valence-corrected chi connectivity index (χ3v) is 4.35. The number of hydrogen-bond donors (Lipinski definition) is 1. The molecule has 0 aliphatic carbocycles. The zero-order chi connectivity index (χ0) is 15.2. The lowest BCUT2D eigenvalue weighted by molar-refractivity contribution is -0.136. The lowest BCUT2D eigenvalue weighted by Gasteiger charge is -2.32. The highest BCUT2D eigenvalue weighted by Crippen LogP contribution is 2.17. The van der Waals surface area contributed by atoms with Gasteiger partial charge >= 0.3 is 0 Å². The normalized spacial score (nSPS) is 16.2. The van der Waals surface area contributed by atoms with Crippen molar-refractivity contribution in [3.8, 4) is 0 Å². The molecule has 5 heteroatoms. The maximum atomic E-state index is 11.7. The van der Waals surface area contributed by atoms with Gasteiger partial charge in [0, 0.05) is 37.8 Å². The quantitative estimate of drug-likeness (QED) is 0.908. The van der Waals surface area contributed by atoms with Crippen LogP contribution in [0, 0.1) is 6.92 Å². The van der Waals surface area contributed by atoms with Crippen LogP contribution in [-0.4, -0.2) is 43.7 Å². The highest BCUT2D eigenvalue weighted by molar-refractivity contribution is 6.31. The minimum Gasteiger partial charge on any atom is -0.375 e. The summed E-state index contributed by atoms with van der Waals surface area (Å²) in [7, 11) is 1.55. The van der Waals surface area contributed by atoms with E-state index in [1.54, 1.807) is 7.11 Å². The van der Waals surface area contributed by atoms with Gasteiger partial charge in [-0.1, -0.05) is 23.7 Å². The lowest BCUT2D eigenvalue weighted by atomic mass is 10.0. The molecule has 0 atom stereocenters. The summed E-state index contributed by atoms with van der Waals surface area (Å²) in [4.78, 5) is 13.6. The average molecular weight is 311 g/mol. The van der Waals surface area contributed by atoms with Crippen molar-refractivity contribution < 1.29 is 9.53 Å². The molecule has 0 bridgehead atoms. The molecule has 1 heterocycles. The maximum absolute atomic E-state index is 11.7. The number of nitrogens with one attached hydrogen (secondary N) is 1. The second-order valence-electron chi connectivity index (χ2n) is 5.55. The van der Waals surface area contributed by atoms with Gasteiger partial charge in [-0.05, 0) is 37.0 Å². The number of nitrogens with zero attached hydrogens (tertiary/aromatic N) is 1. The monoisotopic (exact) mass is 310 g/mol. The fourth-order valence-corrected chi connectivity index (χ4v) is 2.76. The molecule has 1 N–H and O–H groups in total. The Morgan fingerprint density at radius 3 is 2.76 bits per heavy atom. The highest BCUT2D eigenvalue weighted by Gasteiger charge is 2.22. The number of amides is 1. The predicted molar refractivity (Wildman–Crippen MR) is 84.5 cm³/mol. The van der Waals surface area contributed by atoms with E-state index in [-0.39, 0.29) is 12.5 Å². The van der Waals surface area contributed by atoms with Crippen molar-refractivity contribution in [3.05, 3.63) is 34.3 Å². The van der Waals surface area contributed by atoms with Gasteiger partial charge in [-0.25, -0.2) is 0 Å². The van der Waals surface area contributed by atoms with E-state index in [0.717, 1.165) is 43.1 Å². The van der Waals surface area contributed by atoms with Crippen molar-refractivity contribution in [3.63, 3.8) is 0 Å². The van der Waals surface area contributed by atoms with Crippen LogP contribution in [0.4, 0.5) is 0 Å². The summed E-state index contributed by atoms with van der Waals surface area (Å²) < 4.78 is 4.89. The first-order valence-electron chi connectivity index (χ1n) is 7.35. The van der Waals surface area contributed by atoms with Crippen LogP contribution in [0.25, 0.3) is 0 Å². The number of carbonyl (C=O) groups excluding carboxylic acids is 1. The molecule has 1 amide bonds. The van der Waals surface area contributed by atoms with Crippen LogP contribution in [0.15, 0.2) is 18.2 Å². The summed E-state index contributed by atoms with van der Waals surface area (Å²) in [5.74, 6) is 0.0845. The number of hydrogen-bond acceptors (Lipinski definition) is 3. The Kier molecular flexibility index (Phi) is 6.03. The van der Waals surface area contributed by atoms with Crippen LogP contribution in [0.1, 0.15) is 24.0 Å². The van der Waals surface area contributed by atoms with Gasteiger partial charge in [-0.15, -0.1) is 0 Å². The van der Waals surface area contributed by atoms with Crippen molar-refractivity contribution in [1.29, 1.82) is 0 Å². The van der Waals surface area contributed by atoms with E-state index >= 15 is 0 Å². The van der Waals surface area contributed by atoms with Gasteiger partial charge in [0.1, 0.15) is 6.61 Å². The van der Waals surface area contributed by atoms with Gasteiger partial charge in [-0.3, -0.25) is 4.79 Å². The number of carbonyl (C=O) groups is 1. The smallest absolute Gasteiger partial charge is 0.248 e. The van der Waals surface area contributed by atoms with E-state index in [4.69, 9.17) is 16.3 Å². The van der Waals surface area contributed by atoms with Gasteiger partial charge in [0.25, 0.3) is 0 Å². The largest absolute Gasteiger partial charge is 0.375 e. The molecule has 1 aromatic carbocycles. The summed E-state index contributed by atoms with van der Waals surface area (Å²) in [6.07, 6.45) is 1.96. The molecule has 1 aromatic rings. The van der Waals surface area contributed by atoms with Crippen molar-refractivity contribution >= 4 is 17.5 Å². The number of aryl methyl sites for hydroxylation is 1. The first kappa shape index (κ1) is 16.3. The van der Waals surface area contributed by atoms with E-state index in [2.05, 4.69) is 11.4 Å². The summed E-state index contributed by atoms with van der Waals surface area (Å²) in [5, 5.41) is 4.36. The number of benzene rings is 1. The average Bonchev–Trinajstić information content (AvgIpc) is 2.49. The van der Waals surface area contributed by atoms with Crippen LogP contribution in [0.3, 0.4) is 0 Å². The molecule has 0 radical (unpaired) electrons. The van der Waals surface area contributed by atoms with Gasteiger partial charge in [0.05, 0.1) is 0 Å². The third-order valence-electron chi connectivity index (χ3n) is 3.95. The van der Waals surface area contributed by atoms with E-state index < -0.39 is 0 Å². The maximum Gasteiger partial charge on any atom is 0.248 e. The van der Waals surface area contributed by atoms with Gasteiger partial charge < -0.3 is 15.0 Å². The Hall–Kier alpha value is -1.10. The standard InChI is InChI=1S/C16H23ClN2O2/c1-12-3-4-13(9-15(12)17)10-18-14-5-7-19(8-6-14)16(20)11-21-2/h3-4,9,14,18H,5-8,10-11H2,1-2H3. The summed E-state index contributed by atoms with van der Waals surface area (Å²) >= 11 is 6.14. The van der Waals surface area contributed by atoms with Crippen molar-refractivity contribution in [2.45, 2.75) is 32.4 Å². The van der Waals surface area contributed by atoms with Gasteiger partial charge in [0.15, 0.2) is 0 Å². The molecular weight excluding hydrogens is 288 g/mol. The predicted octanol–water partition coefficient (Wildman–Crippen LogP) is 2.38. The first-order valence-corrected chi connectivity index (χ1v) is 7.73. The molecule has 21 heavy (non-hydrogen) atoms. The van der Waals surface area contributed by atoms with Crippen LogP contribution >= 0.6 is 11.6 Å². The van der Waals surface area contributed by atoms with Crippen molar-refractivity contribution in [2.75, 3.05) is 26.8 Å². The van der Waals surface area contributed by atoms with Crippen LogP contribution in [0.2, 0.25) is 5.02 Å². The molecule has 0 spiro atoms. The second-order valence-corrected chi connectivity index (χ2v) is 5.96. The van der Waals surface area contributed by atoms with Crippen LogP contribution in [-0.2, 0) is 16.1 Å². The first-order chi connectivity index (χ1) is 10.1. The molecule has 2 rings (SSSR count). The number of likely N-dealkylation sites (tertiary alicyclic amines) is 1. The molecule has 1 aliphatic rings. The Bertz CT molecular complexity index is 485. The zero-order valence-corrected chi connectivity index (χ0v) is 13.4. The highest BCUT2D eigenvalue weighted by atomic mass is 35.5. The topological polar surface area (TPSA) is 41.6 Å². The molecule has 116 valence electrons. The Morgan fingerprint density at radius 1 is 1.43 bits per heavy atom. The van der Waals surface area contributed by atoms with Crippen LogP contribution < -0.4 is 5.32 Å². The summed E-state index contributed by atoms with van der Waals surface area (Å²) in [6.45, 7) is 4.60. The number of piperidine rings is 1. The Morgan fingerprint density at radius 2 is 2.14 bits per heavy atom. The fraction of sp³-hybridized carbons (Fsp3) is 0.562. The minimum absolute atomic E-state index is 0.0845. The second kappa shape index (κ2) is 7.78. The number of rotatable bonds is 5. The number of methoxy groups -OCH3 is 1. The molecular formula is C16H23ClN2O2. The summed E-state index contributed by atoms with van der Waals surface area (Å²) in [6, 6.07) is 6.62. The number of ether oxygens (including phenoxy) is 1. The van der Waals surface area contributed by atoms with Crippen LogP contribution in [0.5, 0.6) is 0 Å². The van der Waals surface area contributed by atoms with Crippen molar-refractivity contribution in [1.82, 2.24) is 10.2 Å². The minimum atomic E-state index is 0.0845. The lowest BCUT2D eigenvalue weighted by Crippen LogP contribution is -2.45. The third kappa shape index (κ3) is 4.70. The number of halogens is 1. The van der Waals surface area contributed by atoms with E-state index in [1.807, 2.05) is 24.0 Å². The Labute approximate surface area is 131 Å².